The van der Waals surface area contributed by atoms with E-state index < -0.39 is 0 Å². The van der Waals surface area contributed by atoms with Crippen LogP contribution >= 0.6 is 23.2 Å². The van der Waals surface area contributed by atoms with E-state index >= 15 is 0 Å². The smallest absolute Gasteiger partial charge is 0.0736 e. The third-order valence-corrected chi connectivity index (χ3v) is 3.82. The third-order valence-electron chi connectivity index (χ3n) is 3.22. The van der Waals surface area contributed by atoms with Crippen molar-refractivity contribution in [1.82, 2.24) is 5.32 Å². The first-order valence-electron chi connectivity index (χ1n) is 5.93. The number of benzene rings is 1. The minimum Gasteiger partial charge on any atom is -0.372 e. The van der Waals surface area contributed by atoms with Gasteiger partial charge in [-0.05, 0) is 42.6 Å². The summed E-state index contributed by atoms with van der Waals surface area (Å²) in [5.74, 6) is 0.592. The lowest BCUT2D eigenvalue weighted by atomic mass is 9.97. The van der Waals surface area contributed by atoms with Crippen LogP contribution in [0.2, 0.25) is 10.0 Å². The third kappa shape index (κ3) is 3.59. The molecule has 0 spiro atoms. The maximum atomic E-state index is 6.10. The summed E-state index contributed by atoms with van der Waals surface area (Å²) >= 11 is 12.0. The van der Waals surface area contributed by atoms with Gasteiger partial charge in [0.25, 0.3) is 0 Å². The molecule has 1 N–H and O–H groups in total. The van der Waals surface area contributed by atoms with Crippen LogP contribution in [0.3, 0.4) is 0 Å². The van der Waals surface area contributed by atoms with Gasteiger partial charge in [0.2, 0.25) is 0 Å². The van der Waals surface area contributed by atoms with Crippen LogP contribution in [0.15, 0.2) is 18.2 Å². The summed E-state index contributed by atoms with van der Waals surface area (Å²) in [7, 11) is 0. The summed E-state index contributed by atoms with van der Waals surface area (Å²) in [6.07, 6.45) is 1.42. The molecule has 2 unspecified atom stereocenters. The van der Waals surface area contributed by atoms with E-state index in [-0.39, 0.29) is 6.10 Å². The molecule has 1 saturated heterocycles. The zero-order chi connectivity index (χ0) is 12.3. The Kier molecular flexibility index (Phi) is 4.69. The second-order valence-electron chi connectivity index (χ2n) is 4.56. The van der Waals surface area contributed by atoms with Gasteiger partial charge >= 0.3 is 0 Å². The lowest BCUT2D eigenvalue weighted by Gasteiger charge is -2.29. The summed E-state index contributed by atoms with van der Waals surface area (Å²) < 4.78 is 5.91. The fraction of sp³-hybridized carbons (Fsp3) is 0.538. The fourth-order valence-corrected chi connectivity index (χ4v) is 2.40. The Balaban J connectivity index is 1.94. The van der Waals surface area contributed by atoms with E-state index in [0.29, 0.717) is 22.6 Å². The highest BCUT2D eigenvalue weighted by Crippen LogP contribution is 2.23. The van der Waals surface area contributed by atoms with Crippen LogP contribution < -0.4 is 5.32 Å². The highest BCUT2D eigenvalue weighted by Gasteiger charge is 2.21. The zero-order valence-corrected chi connectivity index (χ0v) is 11.4. The highest BCUT2D eigenvalue weighted by atomic mass is 35.5. The van der Waals surface area contributed by atoms with Gasteiger partial charge in [-0.3, -0.25) is 0 Å². The summed E-state index contributed by atoms with van der Waals surface area (Å²) in [4.78, 5) is 0. The van der Waals surface area contributed by atoms with Crippen LogP contribution in [0.25, 0.3) is 0 Å². The van der Waals surface area contributed by atoms with Crippen LogP contribution in [-0.4, -0.2) is 19.2 Å². The Labute approximate surface area is 112 Å². The summed E-state index contributed by atoms with van der Waals surface area (Å²) in [5.41, 5.74) is 0.956. The van der Waals surface area contributed by atoms with Crippen LogP contribution in [0, 0.1) is 5.92 Å². The van der Waals surface area contributed by atoms with Gasteiger partial charge in [0, 0.05) is 16.6 Å². The van der Waals surface area contributed by atoms with E-state index in [1.165, 1.54) is 0 Å². The predicted molar refractivity (Wildman–Crippen MR) is 71.7 cm³/mol. The molecule has 1 heterocycles. The summed E-state index contributed by atoms with van der Waals surface area (Å²) in [6, 6.07) is 5.47. The van der Waals surface area contributed by atoms with Crippen molar-refractivity contribution in [3.8, 4) is 0 Å². The standard InChI is InChI=1S/C13H17Cl2NO/c1-9-4-5-16-7-13(9)17-8-10-6-11(14)2-3-12(10)15/h2-3,6,9,13,16H,4-5,7-8H2,1H3. The first kappa shape index (κ1) is 13.2. The molecule has 1 aromatic rings. The van der Waals surface area contributed by atoms with Crippen molar-refractivity contribution >= 4 is 23.2 Å². The number of hydrogen-bond acceptors (Lipinski definition) is 2. The Morgan fingerprint density at radius 2 is 2.24 bits per heavy atom. The number of rotatable bonds is 3. The van der Waals surface area contributed by atoms with Crippen LogP contribution in [0.5, 0.6) is 0 Å². The quantitative estimate of drug-likeness (QED) is 0.910. The molecular formula is C13H17Cl2NO. The number of piperidine rings is 1. The van der Waals surface area contributed by atoms with Gasteiger partial charge in [0.15, 0.2) is 0 Å². The summed E-state index contributed by atoms with van der Waals surface area (Å²) in [6.45, 7) is 4.75. The molecule has 0 amide bonds. The van der Waals surface area contributed by atoms with Gasteiger partial charge in [-0.1, -0.05) is 30.1 Å². The van der Waals surface area contributed by atoms with Crippen molar-refractivity contribution in [2.45, 2.75) is 26.1 Å². The predicted octanol–water partition coefficient (Wildman–Crippen LogP) is 3.51. The molecule has 94 valence electrons. The average Bonchev–Trinajstić information content (AvgIpc) is 2.32. The monoisotopic (exact) mass is 273 g/mol. The van der Waals surface area contributed by atoms with E-state index in [1.807, 2.05) is 12.1 Å². The van der Waals surface area contributed by atoms with Crippen molar-refractivity contribution in [3.05, 3.63) is 33.8 Å². The molecule has 0 aromatic heterocycles. The second kappa shape index (κ2) is 6.05. The number of hydrogen-bond donors (Lipinski definition) is 1. The van der Waals surface area contributed by atoms with Crippen molar-refractivity contribution in [2.24, 2.45) is 5.92 Å². The second-order valence-corrected chi connectivity index (χ2v) is 5.40. The minimum atomic E-state index is 0.263. The number of nitrogens with one attached hydrogen (secondary N) is 1. The molecule has 1 aliphatic heterocycles. The van der Waals surface area contributed by atoms with E-state index in [0.717, 1.165) is 25.1 Å². The normalized spacial score (nSPS) is 24.9. The Morgan fingerprint density at radius 1 is 1.41 bits per heavy atom. The molecule has 4 heteroatoms. The molecule has 1 aromatic carbocycles. The molecule has 0 bridgehead atoms. The topological polar surface area (TPSA) is 21.3 Å². The first-order chi connectivity index (χ1) is 8.16. The van der Waals surface area contributed by atoms with Gasteiger partial charge in [0.05, 0.1) is 12.7 Å². The van der Waals surface area contributed by atoms with Gasteiger partial charge in [-0.25, -0.2) is 0 Å². The molecule has 2 rings (SSSR count). The van der Waals surface area contributed by atoms with E-state index in [9.17, 15) is 0 Å². The van der Waals surface area contributed by atoms with Gasteiger partial charge in [0.1, 0.15) is 0 Å². The Bertz CT molecular complexity index is 384. The van der Waals surface area contributed by atoms with Gasteiger partial charge in [-0.15, -0.1) is 0 Å². The van der Waals surface area contributed by atoms with E-state index in [4.69, 9.17) is 27.9 Å². The molecule has 2 atom stereocenters. The zero-order valence-electron chi connectivity index (χ0n) is 9.88. The van der Waals surface area contributed by atoms with Crippen LogP contribution in [0.1, 0.15) is 18.9 Å². The average molecular weight is 274 g/mol. The largest absolute Gasteiger partial charge is 0.372 e. The lowest BCUT2D eigenvalue weighted by molar-refractivity contribution is -0.00654. The SMILES string of the molecule is CC1CCNCC1OCc1cc(Cl)ccc1Cl. The highest BCUT2D eigenvalue weighted by molar-refractivity contribution is 6.33. The molecule has 17 heavy (non-hydrogen) atoms. The van der Waals surface area contributed by atoms with Gasteiger partial charge < -0.3 is 10.1 Å². The maximum Gasteiger partial charge on any atom is 0.0736 e. The Morgan fingerprint density at radius 3 is 3.00 bits per heavy atom. The van der Waals surface area contributed by atoms with Crippen molar-refractivity contribution in [2.75, 3.05) is 13.1 Å². The van der Waals surface area contributed by atoms with Crippen LogP contribution in [-0.2, 0) is 11.3 Å². The number of ether oxygens (including phenoxy) is 1. The molecule has 0 aliphatic carbocycles. The van der Waals surface area contributed by atoms with Crippen molar-refractivity contribution < 1.29 is 4.74 Å². The van der Waals surface area contributed by atoms with Gasteiger partial charge in [-0.2, -0.15) is 0 Å². The molecule has 1 aliphatic rings. The molecule has 0 radical (unpaired) electrons. The van der Waals surface area contributed by atoms with E-state index in [2.05, 4.69) is 12.2 Å². The molecular weight excluding hydrogens is 257 g/mol. The molecule has 0 saturated carbocycles. The maximum absolute atomic E-state index is 6.10. The minimum absolute atomic E-state index is 0.263. The molecule has 2 nitrogen and oxygen atoms in total. The fourth-order valence-electron chi connectivity index (χ4n) is 2.04. The summed E-state index contributed by atoms with van der Waals surface area (Å²) in [5, 5.41) is 4.75. The Hall–Kier alpha value is -0.280. The van der Waals surface area contributed by atoms with E-state index in [1.54, 1.807) is 6.07 Å². The first-order valence-corrected chi connectivity index (χ1v) is 6.68. The van der Waals surface area contributed by atoms with Crippen molar-refractivity contribution in [3.63, 3.8) is 0 Å². The van der Waals surface area contributed by atoms with Crippen LogP contribution in [0.4, 0.5) is 0 Å². The lowest BCUT2D eigenvalue weighted by Crippen LogP contribution is -2.40. The number of halogens is 2. The molecule has 1 fully saturated rings. The van der Waals surface area contributed by atoms with Crippen molar-refractivity contribution in [1.29, 1.82) is 0 Å².